The van der Waals surface area contributed by atoms with E-state index in [4.69, 9.17) is 14.5 Å². The van der Waals surface area contributed by atoms with Gasteiger partial charge in [0.25, 0.3) is 0 Å². The minimum Gasteiger partial charge on any atom is -0.426 e. The molecule has 0 amide bonds. The first-order chi connectivity index (χ1) is 12.6. The zero-order valence-corrected chi connectivity index (χ0v) is 16.1. The van der Waals surface area contributed by atoms with Gasteiger partial charge in [0.2, 0.25) is 0 Å². The highest BCUT2D eigenvalue weighted by molar-refractivity contribution is 5.75. The molecule has 0 aliphatic heterocycles. The van der Waals surface area contributed by atoms with Crippen molar-refractivity contribution >= 4 is 5.97 Å². The molecule has 0 N–H and O–H groups in total. The molecule has 4 nitrogen and oxygen atoms in total. The molecule has 2 saturated carbocycles. The van der Waals surface area contributed by atoms with Gasteiger partial charge in [-0.05, 0) is 80.5 Å². The maximum absolute atomic E-state index is 12.3. The fraction of sp³-hybridized carbons (Fsp3) is 0.682. The van der Waals surface area contributed by atoms with E-state index in [0.29, 0.717) is 24.0 Å². The smallest absolute Gasteiger partial charge is 0.314 e. The molecule has 2 aliphatic rings. The van der Waals surface area contributed by atoms with Gasteiger partial charge in [-0.25, -0.2) is 0 Å². The van der Waals surface area contributed by atoms with Gasteiger partial charge < -0.3 is 9.62 Å². The summed E-state index contributed by atoms with van der Waals surface area (Å²) in [4.78, 5) is 23.0. The average molecular weight is 360 g/mol. The lowest BCUT2D eigenvalue weighted by Crippen LogP contribution is -2.24. The lowest BCUT2D eigenvalue weighted by atomic mass is 9.83. The Bertz CT molecular complexity index is 552. The highest BCUT2D eigenvalue weighted by Crippen LogP contribution is 2.30. The van der Waals surface area contributed by atoms with E-state index >= 15 is 0 Å². The van der Waals surface area contributed by atoms with E-state index in [2.05, 4.69) is 13.8 Å². The first-order valence-corrected chi connectivity index (χ1v) is 10.2. The van der Waals surface area contributed by atoms with Gasteiger partial charge >= 0.3 is 5.97 Å². The summed E-state index contributed by atoms with van der Waals surface area (Å²) in [5.41, 5.74) is 0. The summed E-state index contributed by atoms with van der Waals surface area (Å²) in [6.07, 6.45) is 9.12. The van der Waals surface area contributed by atoms with Crippen LogP contribution in [0.3, 0.4) is 0 Å². The van der Waals surface area contributed by atoms with E-state index in [1.165, 1.54) is 25.7 Å². The van der Waals surface area contributed by atoms with E-state index in [9.17, 15) is 4.79 Å². The predicted molar refractivity (Wildman–Crippen MR) is 101 cm³/mol. The quantitative estimate of drug-likeness (QED) is 0.288. The van der Waals surface area contributed by atoms with Gasteiger partial charge in [-0.15, -0.1) is 0 Å². The molecule has 2 fully saturated rings. The fourth-order valence-electron chi connectivity index (χ4n) is 3.95. The lowest BCUT2D eigenvalue weighted by Gasteiger charge is -2.25. The van der Waals surface area contributed by atoms with Crippen LogP contribution in [0.5, 0.6) is 11.5 Å². The molecule has 0 heterocycles. The molecule has 26 heavy (non-hydrogen) atoms. The molecule has 3 rings (SSSR count). The number of esters is 1. The molecule has 2 aliphatic carbocycles. The van der Waals surface area contributed by atoms with Crippen molar-refractivity contribution in [3.63, 3.8) is 0 Å². The zero-order chi connectivity index (χ0) is 18.4. The van der Waals surface area contributed by atoms with Crippen LogP contribution in [0.2, 0.25) is 0 Å². The number of hydrogen-bond acceptors (Lipinski definition) is 4. The summed E-state index contributed by atoms with van der Waals surface area (Å²) in [5, 5.41) is 0. The molecule has 0 spiro atoms. The Balaban J connectivity index is 1.38. The number of benzene rings is 1. The van der Waals surface area contributed by atoms with Gasteiger partial charge in [0.05, 0.1) is 12.5 Å². The summed E-state index contributed by atoms with van der Waals surface area (Å²) < 4.78 is 5.52. The maximum atomic E-state index is 12.3. The monoisotopic (exact) mass is 360 g/mol. The third-order valence-electron chi connectivity index (χ3n) is 5.99. The van der Waals surface area contributed by atoms with Crippen molar-refractivity contribution in [2.24, 2.45) is 23.7 Å². The van der Waals surface area contributed by atoms with Crippen molar-refractivity contribution in [2.45, 2.75) is 65.2 Å². The molecule has 0 saturated heterocycles. The Labute approximate surface area is 157 Å². The molecule has 144 valence electrons. The van der Waals surface area contributed by atoms with Crippen LogP contribution in [0, 0.1) is 23.7 Å². The van der Waals surface area contributed by atoms with Crippen molar-refractivity contribution in [3.8, 4) is 11.5 Å². The summed E-state index contributed by atoms with van der Waals surface area (Å²) in [6, 6.07) is 7.11. The summed E-state index contributed by atoms with van der Waals surface area (Å²) in [5.74, 6) is 3.33. The Morgan fingerprint density at radius 2 is 1.38 bits per heavy atom. The van der Waals surface area contributed by atoms with Crippen molar-refractivity contribution < 1.29 is 19.3 Å². The van der Waals surface area contributed by atoms with Crippen LogP contribution in [0.15, 0.2) is 24.3 Å². The Morgan fingerprint density at radius 1 is 0.846 bits per heavy atom. The van der Waals surface area contributed by atoms with E-state index in [0.717, 1.165) is 37.5 Å². The first-order valence-electron chi connectivity index (χ1n) is 10.2. The van der Waals surface area contributed by atoms with E-state index in [1.807, 2.05) is 0 Å². The third-order valence-corrected chi connectivity index (χ3v) is 5.99. The van der Waals surface area contributed by atoms with Crippen LogP contribution in [0.4, 0.5) is 0 Å². The molecule has 0 bridgehead atoms. The normalized spacial score (nSPS) is 29.2. The highest BCUT2D eigenvalue weighted by atomic mass is 17.2. The topological polar surface area (TPSA) is 44.8 Å². The van der Waals surface area contributed by atoms with Gasteiger partial charge in [-0.2, -0.15) is 4.89 Å². The van der Waals surface area contributed by atoms with E-state index in [-0.39, 0.29) is 11.9 Å². The van der Waals surface area contributed by atoms with Gasteiger partial charge in [-0.1, -0.05) is 26.7 Å². The van der Waals surface area contributed by atoms with Crippen molar-refractivity contribution in [1.82, 2.24) is 0 Å². The molecule has 0 unspecified atom stereocenters. The molecule has 0 radical (unpaired) electrons. The predicted octanol–water partition coefficient (Wildman–Crippen LogP) is 5.56. The highest BCUT2D eigenvalue weighted by Gasteiger charge is 2.26. The first kappa shape index (κ1) is 19.2. The largest absolute Gasteiger partial charge is 0.426 e. The van der Waals surface area contributed by atoms with Crippen LogP contribution in [-0.4, -0.2) is 12.6 Å². The van der Waals surface area contributed by atoms with E-state index < -0.39 is 0 Å². The van der Waals surface area contributed by atoms with Gasteiger partial charge in [0.1, 0.15) is 5.75 Å². The molecule has 0 aromatic heterocycles. The molecule has 1 aromatic carbocycles. The van der Waals surface area contributed by atoms with Crippen molar-refractivity contribution in [2.75, 3.05) is 6.61 Å². The number of carbonyl (C=O) groups is 1. The van der Waals surface area contributed by atoms with Gasteiger partial charge in [0, 0.05) is 0 Å². The molecule has 0 atom stereocenters. The number of carbonyl (C=O) groups excluding carboxylic acids is 1. The van der Waals surface area contributed by atoms with Gasteiger partial charge in [0.15, 0.2) is 5.75 Å². The van der Waals surface area contributed by atoms with E-state index in [1.54, 1.807) is 24.3 Å². The number of ether oxygens (including phenoxy) is 1. The summed E-state index contributed by atoms with van der Waals surface area (Å²) in [7, 11) is 0. The minimum atomic E-state index is -0.103. The van der Waals surface area contributed by atoms with Crippen LogP contribution in [0.1, 0.15) is 65.2 Å². The summed E-state index contributed by atoms with van der Waals surface area (Å²) in [6.45, 7) is 5.21. The number of hydrogen-bond donors (Lipinski definition) is 0. The van der Waals surface area contributed by atoms with Crippen molar-refractivity contribution in [1.29, 1.82) is 0 Å². The fourth-order valence-corrected chi connectivity index (χ4v) is 3.95. The SMILES string of the molecule is CC1CCC(COOc2ccc(OC(=O)C3CCC(C)CC3)cc2)CC1. The zero-order valence-electron chi connectivity index (χ0n) is 16.1. The Hall–Kier alpha value is -1.55. The van der Waals surface area contributed by atoms with Crippen molar-refractivity contribution in [3.05, 3.63) is 24.3 Å². The average Bonchev–Trinajstić information content (AvgIpc) is 2.65. The third kappa shape index (κ3) is 5.73. The Morgan fingerprint density at radius 3 is 2.00 bits per heavy atom. The second-order valence-electron chi connectivity index (χ2n) is 8.34. The molecule has 1 aromatic rings. The molecule has 4 heteroatoms. The van der Waals surface area contributed by atoms with Crippen LogP contribution in [0.25, 0.3) is 0 Å². The lowest BCUT2D eigenvalue weighted by molar-refractivity contribution is -0.218. The Kier molecular flexibility index (Phi) is 6.95. The maximum Gasteiger partial charge on any atom is 0.314 e. The summed E-state index contributed by atoms with van der Waals surface area (Å²) >= 11 is 0. The van der Waals surface area contributed by atoms with Crippen LogP contribution < -0.4 is 9.62 Å². The molecular formula is C22H32O4. The standard InChI is InChI=1S/C22H32O4/c1-16-3-7-18(8-4-16)15-24-26-21-13-11-20(12-14-21)25-22(23)19-9-5-17(2)6-10-19/h11-14,16-19H,3-10,15H2,1-2H3. The van der Waals surface area contributed by atoms with Crippen LogP contribution in [-0.2, 0) is 9.68 Å². The van der Waals surface area contributed by atoms with Crippen LogP contribution >= 0.6 is 0 Å². The minimum absolute atomic E-state index is 0.0451. The van der Waals surface area contributed by atoms with Gasteiger partial charge in [-0.3, -0.25) is 4.79 Å². The molecular weight excluding hydrogens is 328 g/mol. The second kappa shape index (κ2) is 9.40. The number of rotatable bonds is 6. The second-order valence-corrected chi connectivity index (χ2v) is 8.34.